The molecule has 0 aliphatic carbocycles. The van der Waals surface area contributed by atoms with Crippen LogP contribution in [0.25, 0.3) is 0 Å². The molecule has 1 fully saturated rings. The van der Waals surface area contributed by atoms with Crippen molar-refractivity contribution in [2.24, 2.45) is 0 Å². The molecule has 2 unspecified atom stereocenters. The normalized spacial score (nSPS) is 20.9. The summed E-state index contributed by atoms with van der Waals surface area (Å²) in [4.78, 5) is 11.9. The zero-order chi connectivity index (χ0) is 14.6. The van der Waals surface area contributed by atoms with Gasteiger partial charge in [0, 0.05) is 13.2 Å². The van der Waals surface area contributed by atoms with Crippen LogP contribution < -0.4 is 10.6 Å². The molecular formula is C12H15Cl3N2O3. The van der Waals surface area contributed by atoms with Crippen LogP contribution in [0.1, 0.15) is 23.4 Å². The van der Waals surface area contributed by atoms with Crippen LogP contribution in [0.4, 0.5) is 0 Å². The van der Waals surface area contributed by atoms with Crippen LogP contribution in [0.3, 0.4) is 0 Å². The zero-order valence-electron chi connectivity index (χ0n) is 10.6. The van der Waals surface area contributed by atoms with E-state index in [1.807, 2.05) is 0 Å². The van der Waals surface area contributed by atoms with Crippen molar-refractivity contribution in [3.05, 3.63) is 24.2 Å². The number of halogens is 3. The standard InChI is InChI=1S/C12H15Cl3N2O3/c13-12(14,15)11(16-7-8-3-1-5-19-8)17-10(18)9-4-2-6-20-9/h2,4,6,8,11,16H,1,3,5,7H2,(H,17,18). The second-order valence-electron chi connectivity index (χ2n) is 4.47. The average Bonchev–Trinajstić information content (AvgIpc) is 3.04. The van der Waals surface area contributed by atoms with Crippen molar-refractivity contribution < 1.29 is 13.9 Å². The van der Waals surface area contributed by atoms with Crippen LogP contribution in [-0.4, -0.2) is 35.1 Å². The fraction of sp³-hybridized carbons (Fsp3) is 0.583. The summed E-state index contributed by atoms with van der Waals surface area (Å²) >= 11 is 17.6. The number of amides is 1. The van der Waals surface area contributed by atoms with E-state index < -0.39 is 15.9 Å². The Morgan fingerprint density at radius 1 is 1.50 bits per heavy atom. The molecule has 112 valence electrons. The second kappa shape index (κ2) is 7.00. The van der Waals surface area contributed by atoms with E-state index in [9.17, 15) is 4.79 Å². The van der Waals surface area contributed by atoms with Gasteiger partial charge in [-0.15, -0.1) is 0 Å². The highest BCUT2D eigenvalue weighted by Crippen LogP contribution is 2.29. The van der Waals surface area contributed by atoms with Gasteiger partial charge in [-0.3, -0.25) is 10.1 Å². The van der Waals surface area contributed by atoms with Gasteiger partial charge in [0.05, 0.1) is 12.4 Å². The highest BCUT2D eigenvalue weighted by atomic mass is 35.6. The van der Waals surface area contributed by atoms with Crippen LogP contribution >= 0.6 is 34.8 Å². The summed E-state index contributed by atoms with van der Waals surface area (Å²) in [6, 6.07) is 3.14. The molecule has 0 spiro atoms. The largest absolute Gasteiger partial charge is 0.459 e. The number of ether oxygens (including phenoxy) is 1. The number of rotatable bonds is 5. The summed E-state index contributed by atoms with van der Waals surface area (Å²) in [6.45, 7) is 1.24. The fourth-order valence-electron chi connectivity index (χ4n) is 1.91. The minimum atomic E-state index is -1.68. The molecule has 20 heavy (non-hydrogen) atoms. The van der Waals surface area contributed by atoms with Crippen molar-refractivity contribution in [1.82, 2.24) is 10.6 Å². The fourth-order valence-corrected chi connectivity index (χ4v) is 2.31. The molecule has 5 nitrogen and oxygen atoms in total. The van der Waals surface area contributed by atoms with Gasteiger partial charge in [-0.25, -0.2) is 0 Å². The molecule has 2 rings (SSSR count). The predicted octanol–water partition coefficient (Wildman–Crippen LogP) is 2.47. The third-order valence-corrected chi connectivity index (χ3v) is 3.58. The van der Waals surface area contributed by atoms with Gasteiger partial charge in [0.25, 0.3) is 5.91 Å². The maximum atomic E-state index is 11.9. The predicted molar refractivity (Wildman–Crippen MR) is 77.2 cm³/mol. The Labute approximate surface area is 131 Å². The highest BCUT2D eigenvalue weighted by Gasteiger charge is 2.35. The molecule has 0 bridgehead atoms. The van der Waals surface area contributed by atoms with E-state index in [2.05, 4.69) is 10.6 Å². The van der Waals surface area contributed by atoms with Gasteiger partial charge < -0.3 is 14.5 Å². The number of carbonyl (C=O) groups excluding carboxylic acids is 1. The maximum Gasteiger partial charge on any atom is 0.288 e. The molecule has 1 aliphatic heterocycles. The summed E-state index contributed by atoms with van der Waals surface area (Å²) in [5.74, 6) is -0.297. The lowest BCUT2D eigenvalue weighted by Gasteiger charge is -2.27. The number of carbonyl (C=O) groups is 1. The molecule has 1 aromatic heterocycles. The van der Waals surface area contributed by atoms with E-state index in [1.165, 1.54) is 12.3 Å². The van der Waals surface area contributed by atoms with Crippen LogP contribution in [-0.2, 0) is 4.74 Å². The van der Waals surface area contributed by atoms with Gasteiger partial charge in [-0.05, 0) is 25.0 Å². The van der Waals surface area contributed by atoms with Gasteiger partial charge in [-0.2, -0.15) is 0 Å². The van der Waals surface area contributed by atoms with Crippen molar-refractivity contribution in [1.29, 1.82) is 0 Å². The van der Waals surface area contributed by atoms with Gasteiger partial charge in [0.1, 0.15) is 6.17 Å². The van der Waals surface area contributed by atoms with E-state index in [4.69, 9.17) is 44.0 Å². The van der Waals surface area contributed by atoms with Crippen LogP contribution in [0.5, 0.6) is 0 Å². The monoisotopic (exact) mass is 340 g/mol. The smallest absolute Gasteiger partial charge is 0.288 e. The first-order valence-electron chi connectivity index (χ1n) is 6.23. The average molecular weight is 342 g/mol. The summed E-state index contributed by atoms with van der Waals surface area (Å²) in [5, 5.41) is 5.59. The minimum absolute atomic E-state index is 0.0744. The Kier molecular flexibility index (Phi) is 5.57. The van der Waals surface area contributed by atoms with Gasteiger partial charge in [0.2, 0.25) is 3.79 Å². The summed E-state index contributed by atoms with van der Waals surface area (Å²) in [6.07, 6.45) is 2.61. The third-order valence-electron chi connectivity index (χ3n) is 2.92. The Morgan fingerprint density at radius 2 is 2.30 bits per heavy atom. The van der Waals surface area contributed by atoms with E-state index in [0.717, 1.165) is 19.4 Å². The molecule has 0 aromatic carbocycles. The Balaban J connectivity index is 1.91. The molecule has 2 N–H and O–H groups in total. The summed E-state index contributed by atoms with van der Waals surface area (Å²) < 4.78 is 8.78. The van der Waals surface area contributed by atoms with E-state index in [1.54, 1.807) is 6.07 Å². The van der Waals surface area contributed by atoms with Crippen molar-refractivity contribution in [3.8, 4) is 0 Å². The second-order valence-corrected chi connectivity index (χ2v) is 6.84. The summed E-state index contributed by atoms with van der Waals surface area (Å²) in [5.41, 5.74) is 0. The number of nitrogens with one attached hydrogen (secondary N) is 2. The number of alkyl halides is 3. The first-order chi connectivity index (χ1) is 9.47. The van der Waals surface area contributed by atoms with Crippen molar-refractivity contribution >= 4 is 40.7 Å². The molecule has 1 saturated heterocycles. The van der Waals surface area contributed by atoms with Gasteiger partial charge in [0.15, 0.2) is 5.76 Å². The molecule has 2 heterocycles. The molecule has 1 aromatic rings. The van der Waals surface area contributed by atoms with E-state index in [0.29, 0.717) is 6.54 Å². The maximum absolute atomic E-state index is 11.9. The van der Waals surface area contributed by atoms with Gasteiger partial charge >= 0.3 is 0 Å². The van der Waals surface area contributed by atoms with Crippen molar-refractivity contribution in [3.63, 3.8) is 0 Å². The summed E-state index contributed by atoms with van der Waals surface area (Å²) in [7, 11) is 0. The molecular weight excluding hydrogens is 327 g/mol. The number of hydrogen-bond acceptors (Lipinski definition) is 4. The zero-order valence-corrected chi connectivity index (χ0v) is 12.8. The Bertz CT molecular complexity index is 428. The Hall–Kier alpha value is -0.460. The third kappa shape index (κ3) is 4.53. The molecule has 1 amide bonds. The highest BCUT2D eigenvalue weighted by molar-refractivity contribution is 6.68. The first-order valence-corrected chi connectivity index (χ1v) is 7.36. The lowest BCUT2D eigenvalue weighted by Crippen LogP contribution is -2.54. The van der Waals surface area contributed by atoms with Crippen LogP contribution in [0.2, 0.25) is 0 Å². The van der Waals surface area contributed by atoms with E-state index in [-0.39, 0.29) is 11.9 Å². The van der Waals surface area contributed by atoms with Crippen LogP contribution in [0.15, 0.2) is 22.8 Å². The molecule has 1 aliphatic rings. The van der Waals surface area contributed by atoms with Gasteiger partial charge in [-0.1, -0.05) is 34.8 Å². The molecule has 2 atom stereocenters. The quantitative estimate of drug-likeness (QED) is 0.638. The lowest BCUT2D eigenvalue weighted by molar-refractivity contribution is 0.0872. The minimum Gasteiger partial charge on any atom is -0.459 e. The SMILES string of the molecule is O=C(NC(NCC1CCCO1)C(Cl)(Cl)Cl)c1ccco1. The van der Waals surface area contributed by atoms with E-state index >= 15 is 0 Å². The Morgan fingerprint density at radius 3 is 2.85 bits per heavy atom. The number of hydrogen-bond donors (Lipinski definition) is 2. The van der Waals surface area contributed by atoms with Crippen molar-refractivity contribution in [2.75, 3.05) is 13.2 Å². The molecule has 0 saturated carbocycles. The lowest BCUT2D eigenvalue weighted by atomic mass is 10.2. The first kappa shape index (κ1) is 15.9. The number of furan rings is 1. The molecule has 8 heteroatoms. The topological polar surface area (TPSA) is 63.5 Å². The van der Waals surface area contributed by atoms with Crippen molar-refractivity contribution in [2.45, 2.75) is 28.9 Å². The van der Waals surface area contributed by atoms with Crippen LogP contribution in [0, 0.1) is 0 Å². The molecule has 0 radical (unpaired) electrons.